The molecule has 1 aliphatic heterocycles. The summed E-state index contributed by atoms with van der Waals surface area (Å²) in [7, 11) is 0. The highest BCUT2D eigenvalue weighted by Gasteiger charge is 2.26. The normalized spacial score (nSPS) is 14.6. The monoisotopic (exact) mass is 249 g/mol. The maximum atomic E-state index is 11.7. The molecule has 0 fully saturated rings. The number of amides is 1. The number of nitro benzene ring substituents is 1. The Morgan fingerprint density at radius 3 is 2.67 bits per heavy atom. The Morgan fingerprint density at radius 1 is 1.44 bits per heavy atom. The van der Waals surface area contributed by atoms with E-state index in [1.165, 1.54) is 29.3 Å². The van der Waals surface area contributed by atoms with Gasteiger partial charge < -0.3 is 4.74 Å². The Balaban J connectivity index is 2.21. The zero-order valence-electron chi connectivity index (χ0n) is 9.70. The summed E-state index contributed by atoms with van der Waals surface area (Å²) in [6.45, 7) is 2.25. The molecule has 0 saturated carbocycles. The van der Waals surface area contributed by atoms with Crippen molar-refractivity contribution in [3.05, 3.63) is 34.4 Å². The third-order valence-corrected chi connectivity index (χ3v) is 2.37. The van der Waals surface area contributed by atoms with Crippen LogP contribution >= 0.6 is 0 Å². The van der Waals surface area contributed by atoms with Gasteiger partial charge >= 0.3 is 0 Å². The number of benzene rings is 1. The molecule has 0 bridgehead atoms. The standard InChI is InChI=1S/C11H11N3O4/c1-2-18-10-7-11(15)13(12-10)8-3-5-9(6-4-8)14(16)17/h3-6H,2,7H2,1H3. The lowest BCUT2D eigenvalue weighted by Crippen LogP contribution is -2.19. The third kappa shape index (κ3) is 2.29. The fraction of sp³-hybridized carbons (Fsp3) is 0.273. The van der Waals surface area contributed by atoms with E-state index in [0.29, 0.717) is 18.2 Å². The smallest absolute Gasteiger partial charge is 0.269 e. The van der Waals surface area contributed by atoms with Gasteiger partial charge in [-0.1, -0.05) is 0 Å². The van der Waals surface area contributed by atoms with Crippen LogP contribution in [0.1, 0.15) is 13.3 Å². The van der Waals surface area contributed by atoms with E-state index >= 15 is 0 Å². The maximum absolute atomic E-state index is 11.7. The van der Waals surface area contributed by atoms with Gasteiger partial charge in [-0.15, -0.1) is 5.10 Å². The fourth-order valence-electron chi connectivity index (χ4n) is 1.57. The molecule has 7 heteroatoms. The van der Waals surface area contributed by atoms with E-state index < -0.39 is 4.92 Å². The third-order valence-electron chi connectivity index (χ3n) is 2.37. The molecule has 1 aromatic carbocycles. The van der Waals surface area contributed by atoms with Crippen molar-refractivity contribution in [2.75, 3.05) is 11.6 Å². The van der Waals surface area contributed by atoms with E-state index in [9.17, 15) is 14.9 Å². The minimum absolute atomic E-state index is 0.0283. The van der Waals surface area contributed by atoms with Crippen molar-refractivity contribution in [3.8, 4) is 0 Å². The van der Waals surface area contributed by atoms with Crippen LogP contribution in [0.3, 0.4) is 0 Å². The summed E-state index contributed by atoms with van der Waals surface area (Å²) in [4.78, 5) is 21.7. The van der Waals surface area contributed by atoms with E-state index in [1.807, 2.05) is 6.92 Å². The van der Waals surface area contributed by atoms with Crippen molar-refractivity contribution in [1.82, 2.24) is 0 Å². The maximum Gasteiger partial charge on any atom is 0.269 e. The largest absolute Gasteiger partial charge is 0.480 e. The summed E-state index contributed by atoms with van der Waals surface area (Å²) in [5.74, 6) is 0.146. The lowest BCUT2D eigenvalue weighted by Gasteiger charge is -2.10. The number of rotatable bonds is 3. The average Bonchev–Trinajstić information content (AvgIpc) is 2.71. The Bertz CT molecular complexity index is 510. The number of ether oxygens (including phenoxy) is 1. The van der Waals surface area contributed by atoms with Crippen LogP contribution in [0.2, 0.25) is 0 Å². The van der Waals surface area contributed by atoms with Crippen molar-refractivity contribution in [1.29, 1.82) is 0 Å². The molecule has 0 N–H and O–H groups in total. The van der Waals surface area contributed by atoms with Gasteiger partial charge in [-0.3, -0.25) is 14.9 Å². The van der Waals surface area contributed by atoms with Crippen molar-refractivity contribution < 1.29 is 14.5 Å². The molecule has 1 aromatic rings. The zero-order valence-corrected chi connectivity index (χ0v) is 9.70. The first kappa shape index (κ1) is 12.0. The second-order valence-electron chi connectivity index (χ2n) is 3.58. The number of nitro groups is 1. The molecule has 0 aromatic heterocycles. The Morgan fingerprint density at radius 2 is 2.11 bits per heavy atom. The zero-order chi connectivity index (χ0) is 13.1. The molecule has 1 amide bonds. The Hall–Kier alpha value is -2.44. The summed E-state index contributed by atoms with van der Waals surface area (Å²) in [5, 5.41) is 15.7. The van der Waals surface area contributed by atoms with Gasteiger partial charge in [-0.2, -0.15) is 5.01 Å². The van der Waals surface area contributed by atoms with Crippen LogP contribution in [0.15, 0.2) is 29.4 Å². The van der Waals surface area contributed by atoms with Crippen LogP contribution in [-0.4, -0.2) is 23.3 Å². The van der Waals surface area contributed by atoms with Gasteiger partial charge in [0.2, 0.25) is 5.90 Å². The van der Waals surface area contributed by atoms with Gasteiger partial charge in [0, 0.05) is 12.1 Å². The van der Waals surface area contributed by atoms with Gasteiger partial charge in [-0.25, -0.2) is 0 Å². The minimum Gasteiger partial charge on any atom is -0.480 e. The topological polar surface area (TPSA) is 85.0 Å². The van der Waals surface area contributed by atoms with E-state index in [4.69, 9.17) is 4.74 Å². The van der Waals surface area contributed by atoms with Crippen LogP contribution in [0.25, 0.3) is 0 Å². The molecule has 1 aliphatic rings. The van der Waals surface area contributed by atoms with Crippen LogP contribution in [0.4, 0.5) is 11.4 Å². The van der Waals surface area contributed by atoms with Crippen molar-refractivity contribution in [2.24, 2.45) is 5.10 Å². The number of carbonyl (C=O) groups excluding carboxylic acids is 1. The molecule has 0 radical (unpaired) electrons. The highest BCUT2D eigenvalue weighted by Crippen LogP contribution is 2.23. The number of carbonyl (C=O) groups is 1. The highest BCUT2D eigenvalue weighted by atomic mass is 16.6. The van der Waals surface area contributed by atoms with Crippen LogP contribution in [0, 0.1) is 10.1 Å². The van der Waals surface area contributed by atoms with Crippen LogP contribution < -0.4 is 5.01 Å². The summed E-state index contributed by atoms with van der Waals surface area (Å²) < 4.78 is 5.17. The molecule has 1 heterocycles. The number of anilines is 1. The first-order valence-corrected chi connectivity index (χ1v) is 5.39. The van der Waals surface area contributed by atoms with Crippen molar-refractivity contribution in [2.45, 2.75) is 13.3 Å². The molecular formula is C11H11N3O4. The molecule has 2 rings (SSSR count). The first-order chi connectivity index (χ1) is 8.61. The Kier molecular flexibility index (Phi) is 3.22. The first-order valence-electron chi connectivity index (χ1n) is 5.39. The van der Waals surface area contributed by atoms with E-state index in [1.54, 1.807) is 0 Å². The van der Waals surface area contributed by atoms with Crippen molar-refractivity contribution in [3.63, 3.8) is 0 Å². The highest BCUT2D eigenvalue weighted by molar-refractivity contribution is 6.10. The SMILES string of the molecule is CCOC1=NN(c2ccc([N+](=O)[O-])cc2)C(=O)C1. The number of non-ortho nitro benzene ring substituents is 1. The molecule has 0 aliphatic carbocycles. The fourth-order valence-corrected chi connectivity index (χ4v) is 1.57. The number of nitrogens with zero attached hydrogens (tertiary/aromatic N) is 3. The molecule has 0 saturated heterocycles. The second kappa shape index (κ2) is 4.82. The summed E-state index contributed by atoms with van der Waals surface area (Å²) in [6.07, 6.45) is 0.116. The lowest BCUT2D eigenvalue weighted by molar-refractivity contribution is -0.384. The molecule has 94 valence electrons. The molecule has 18 heavy (non-hydrogen) atoms. The van der Waals surface area contributed by atoms with Gasteiger partial charge in [0.1, 0.15) is 6.42 Å². The van der Waals surface area contributed by atoms with E-state index in [-0.39, 0.29) is 18.0 Å². The molecule has 7 nitrogen and oxygen atoms in total. The number of hydrazone groups is 1. The number of hydrogen-bond donors (Lipinski definition) is 0. The second-order valence-corrected chi connectivity index (χ2v) is 3.58. The number of hydrogen-bond acceptors (Lipinski definition) is 5. The summed E-state index contributed by atoms with van der Waals surface area (Å²) >= 11 is 0. The summed E-state index contributed by atoms with van der Waals surface area (Å²) in [6, 6.07) is 5.62. The van der Waals surface area contributed by atoms with Gasteiger partial charge in [0.25, 0.3) is 11.6 Å². The minimum atomic E-state index is -0.496. The average molecular weight is 249 g/mol. The van der Waals surface area contributed by atoms with Crippen LogP contribution in [-0.2, 0) is 9.53 Å². The molecule has 0 unspecified atom stereocenters. The lowest BCUT2D eigenvalue weighted by atomic mass is 10.2. The summed E-state index contributed by atoms with van der Waals surface area (Å²) in [5.41, 5.74) is 0.458. The van der Waals surface area contributed by atoms with Crippen LogP contribution in [0.5, 0.6) is 0 Å². The quantitative estimate of drug-likeness (QED) is 0.602. The predicted molar refractivity (Wildman–Crippen MR) is 64.3 cm³/mol. The van der Waals surface area contributed by atoms with Crippen molar-refractivity contribution >= 4 is 23.2 Å². The van der Waals surface area contributed by atoms with Gasteiger partial charge in [0.15, 0.2) is 0 Å². The van der Waals surface area contributed by atoms with E-state index in [0.717, 1.165) is 0 Å². The molecule has 0 atom stereocenters. The predicted octanol–water partition coefficient (Wildman–Crippen LogP) is 1.68. The van der Waals surface area contributed by atoms with E-state index in [2.05, 4.69) is 5.10 Å². The van der Waals surface area contributed by atoms with Gasteiger partial charge in [0.05, 0.1) is 17.2 Å². The molecule has 0 spiro atoms. The molecular weight excluding hydrogens is 238 g/mol. The van der Waals surface area contributed by atoms with Gasteiger partial charge in [-0.05, 0) is 19.1 Å². The Labute approximate surface area is 103 Å².